The molecule has 3 heterocycles. The predicted octanol–water partition coefficient (Wildman–Crippen LogP) is 3.30. The fourth-order valence-corrected chi connectivity index (χ4v) is 3.47. The first-order chi connectivity index (χ1) is 18.1. The smallest absolute Gasteiger partial charge is 0.281 e. The fourth-order valence-electron chi connectivity index (χ4n) is 3.47. The van der Waals surface area contributed by atoms with E-state index in [0.717, 1.165) is 5.39 Å². The molecule has 0 bridgehead atoms. The summed E-state index contributed by atoms with van der Waals surface area (Å²) >= 11 is 0. The maximum atomic E-state index is 12.9. The van der Waals surface area contributed by atoms with Gasteiger partial charge in [-0.05, 0) is 32.1 Å². The summed E-state index contributed by atoms with van der Waals surface area (Å²) in [7, 11) is 3.14. The summed E-state index contributed by atoms with van der Waals surface area (Å²) in [5, 5.41) is 14.5. The summed E-state index contributed by atoms with van der Waals surface area (Å²) in [4.78, 5) is 21.6. The molecule has 0 saturated heterocycles. The highest BCUT2D eigenvalue weighted by Crippen LogP contribution is 2.35. The van der Waals surface area contributed by atoms with E-state index in [1.54, 1.807) is 70.4 Å². The lowest BCUT2D eigenvalue weighted by Crippen LogP contribution is -2.23. The van der Waals surface area contributed by atoms with Crippen molar-refractivity contribution in [3.8, 4) is 28.7 Å². The number of methoxy groups -OCH3 is 2. The van der Waals surface area contributed by atoms with Gasteiger partial charge >= 0.3 is 0 Å². The number of carbonyl (C=O) groups is 1. The number of rotatable bonds is 11. The SMILES string of the molecule is C/C=C(\N=C/COc1ccnc2cc(OC)c(OC)cc12)NC(=O)c1nn(-c2cn[nH]c2)cc1OCC. The van der Waals surface area contributed by atoms with E-state index in [0.29, 0.717) is 46.6 Å². The lowest BCUT2D eigenvalue weighted by atomic mass is 10.2. The van der Waals surface area contributed by atoms with E-state index < -0.39 is 5.91 Å². The molecule has 12 nitrogen and oxygen atoms in total. The molecule has 4 rings (SSSR count). The third-order valence-electron chi connectivity index (χ3n) is 5.21. The van der Waals surface area contributed by atoms with Crippen LogP contribution in [0.3, 0.4) is 0 Å². The number of aromatic amines is 1. The predicted molar refractivity (Wildman–Crippen MR) is 137 cm³/mol. The van der Waals surface area contributed by atoms with Crippen molar-refractivity contribution in [2.24, 2.45) is 4.99 Å². The molecular formula is C25H27N7O5. The number of amides is 1. The van der Waals surface area contributed by atoms with Crippen LogP contribution in [0.25, 0.3) is 16.6 Å². The normalized spacial score (nSPS) is 11.6. The van der Waals surface area contributed by atoms with Gasteiger partial charge < -0.3 is 24.3 Å². The van der Waals surface area contributed by atoms with Gasteiger partial charge in [0, 0.05) is 30.1 Å². The molecule has 0 fully saturated rings. The molecule has 12 heteroatoms. The van der Waals surface area contributed by atoms with Gasteiger partial charge in [0.2, 0.25) is 0 Å². The molecule has 0 radical (unpaired) electrons. The summed E-state index contributed by atoms with van der Waals surface area (Å²) in [5.74, 6) is 1.98. The summed E-state index contributed by atoms with van der Waals surface area (Å²) in [6.45, 7) is 4.13. The Morgan fingerprint density at radius 3 is 2.68 bits per heavy atom. The number of aromatic nitrogens is 5. The number of nitrogens with one attached hydrogen (secondary N) is 2. The summed E-state index contributed by atoms with van der Waals surface area (Å²) in [6, 6.07) is 5.35. The maximum Gasteiger partial charge on any atom is 0.281 e. The van der Waals surface area contributed by atoms with Gasteiger partial charge in [0.1, 0.15) is 23.9 Å². The molecular weight excluding hydrogens is 478 g/mol. The Morgan fingerprint density at radius 1 is 1.16 bits per heavy atom. The Morgan fingerprint density at radius 2 is 1.97 bits per heavy atom. The number of ether oxygens (including phenoxy) is 4. The highest BCUT2D eigenvalue weighted by molar-refractivity contribution is 5.96. The third-order valence-corrected chi connectivity index (χ3v) is 5.21. The monoisotopic (exact) mass is 505 g/mol. The quantitative estimate of drug-likeness (QED) is 0.296. The lowest BCUT2D eigenvalue weighted by molar-refractivity contribution is 0.0956. The molecule has 0 atom stereocenters. The largest absolute Gasteiger partial charge is 0.493 e. The van der Waals surface area contributed by atoms with E-state index in [2.05, 4.69) is 30.6 Å². The van der Waals surface area contributed by atoms with E-state index >= 15 is 0 Å². The Labute approximate surface area is 212 Å². The van der Waals surface area contributed by atoms with Crippen molar-refractivity contribution in [1.82, 2.24) is 30.3 Å². The molecule has 0 aliphatic carbocycles. The average Bonchev–Trinajstić information content (AvgIpc) is 3.60. The van der Waals surface area contributed by atoms with Crippen LogP contribution >= 0.6 is 0 Å². The number of carbonyl (C=O) groups excluding carboxylic acids is 1. The molecule has 192 valence electrons. The van der Waals surface area contributed by atoms with Gasteiger partial charge in [-0.1, -0.05) is 0 Å². The molecule has 1 amide bonds. The first kappa shape index (κ1) is 25.2. The van der Waals surface area contributed by atoms with Crippen LogP contribution in [0.4, 0.5) is 0 Å². The maximum absolute atomic E-state index is 12.9. The number of benzene rings is 1. The summed E-state index contributed by atoms with van der Waals surface area (Å²) < 4.78 is 23.7. The van der Waals surface area contributed by atoms with Crippen molar-refractivity contribution < 1.29 is 23.7 Å². The molecule has 1 aromatic carbocycles. The minimum Gasteiger partial charge on any atom is -0.493 e. The second-order valence-corrected chi connectivity index (χ2v) is 7.46. The van der Waals surface area contributed by atoms with Crippen LogP contribution < -0.4 is 24.3 Å². The van der Waals surface area contributed by atoms with Crippen LogP contribution in [0, 0.1) is 0 Å². The number of nitrogens with zero attached hydrogens (tertiary/aromatic N) is 5. The van der Waals surface area contributed by atoms with Gasteiger partial charge in [-0.2, -0.15) is 10.2 Å². The van der Waals surface area contributed by atoms with Gasteiger partial charge in [-0.25, -0.2) is 9.67 Å². The van der Waals surface area contributed by atoms with Gasteiger partial charge in [0.25, 0.3) is 5.91 Å². The van der Waals surface area contributed by atoms with Crippen molar-refractivity contribution in [1.29, 1.82) is 0 Å². The topological polar surface area (TPSA) is 138 Å². The third kappa shape index (κ3) is 5.69. The zero-order valence-electron chi connectivity index (χ0n) is 20.9. The number of aliphatic imine (C=N–C) groups is 1. The zero-order valence-corrected chi connectivity index (χ0v) is 20.9. The van der Waals surface area contributed by atoms with E-state index in [1.807, 2.05) is 13.0 Å². The Bertz CT molecular complexity index is 1430. The van der Waals surface area contributed by atoms with Gasteiger partial charge in [0.15, 0.2) is 22.9 Å². The van der Waals surface area contributed by atoms with Crippen LogP contribution in [-0.4, -0.2) is 64.5 Å². The standard InChI is InChI=1S/C25H27N7O5/c1-5-23(30-25(33)24-22(36-6-2)15-32(31-24)16-13-28-29-14-16)27-9-10-37-19-7-8-26-18-12-21(35-4)20(34-3)11-17(18)19/h5,7-9,11-15H,6,10H2,1-4H3,(H,28,29)(H,30,33)/b23-5+,27-9-. The lowest BCUT2D eigenvalue weighted by Gasteiger charge is -2.11. The van der Waals surface area contributed by atoms with Gasteiger partial charge in [-0.15, -0.1) is 0 Å². The highest BCUT2D eigenvalue weighted by atomic mass is 16.5. The van der Waals surface area contributed by atoms with Crippen LogP contribution in [0.15, 0.2) is 59.9 Å². The Balaban J connectivity index is 1.43. The van der Waals surface area contributed by atoms with E-state index in [4.69, 9.17) is 18.9 Å². The number of H-pyrrole nitrogens is 1. The van der Waals surface area contributed by atoms with Crippen molar-refractivity contribution in [3.63, 3.8) is 0 Å². The van der Waals surface area contributed by atoms with Gasteiger partial charge in [0.05, 0.1) is 38.7 Å². The zero-order chi connectivity index (χ0) is 26.2. The summed E-state index contributed by atoms with van der Waals surface area (Å²) in [6.07, 6.45) is 9.74. The summed E-state index contributed by atoms with van der Waals surface area (Å²) in [5.41, 5.74) is 1.50. The van der Waals surface area contributed by atoms with Crippen molar-refractivity contribution >= 4 is 23.0 Å². The molecule has 0 aliphatic rings. The number of hydrogen-bond donors (Lipinski definition) is 2. The van der Waals surface area contributed by atoms with E-state index in [1.165, 1.54) is 4.68 Å². The second-order valence-electron chi connectivity index (χ2n) is 7.46. The molecule has 37 heavy (non-hydrogen) atoms. The van der Waals surface area contributed by atoms with Crippen LogP contribution in [0.2, 0.25) is 0 Å². The number of allylic oxidation sites excluding steroid dienone is 1. The minimum atomic E-state index is -0.460. The number of hydrogen-bond acceptors (Lipinski definition) is 9. The second kappa shape index (κ2) is 11.7. The molecule has 0 spiro atoms. The van der Waals surface area contributed by atoms with Crippen molar-refractivity contribution in [3.05, 3.63) is 60.6 Å². The van der Waals surface area contributed by atoms with Gasteiger partial charge in [-0.3, -0.25) is 14.9 Å². The molecule has 2 N–H and O–H groups in total. The van der Waals surface area contributed by atoms with Crippen LogP contribution in [0.1, 0.15) is 24.3 Å². The molecule has 0 aliphatic heterocycles. The number of fused-ring (bicyclic) bond motifs is 1. The first-order valence-corrected chi connectivity index (χ1v) is 11.4. The van der Waals surface area contributed by atoms with E-state index in [-0.39, 0.29) is 12.3 Å². The molecule has 0 saturated carbocycles. The Hall–Kier alpha value is -4.87. The fraction of sp³-hybridized carbons (Fsp3) is 0.240. The van der Waals surface area contributed by atoms with Crippen LogP contribution in [0.5, 0.6) is 23.0 Å². The molecule has 3 aromatic heterocycles. The van der Waals surface area contributed by atoms with Crippen molar-refractivity contribution in [2.45, 2.75) is 13.8 Å². The minimum absolute atomic E-state index is 0.126. The first-order valence-electron chi connectivity index (χ1n) is 11.4. The van der Waals surface area contributed by atoms with E-state index in [9.17, 15) is 4.79 Å². The number of pyridine rings is 1. The average molecular weight is 506 g/mol. The molecule has 0 unspecified atom stereocenters. The highest BCUT2D eigenvalue weighted by Gasteiger charge is 2.20. The van der Waals surface area contributed by atoms with Crippen molar-refractivity contribution in [2.75, 3.05) is 27.4 Å². The Kier molecular flexibility index (Phi) is 7.98. The molecule has 4 aromatic rings. The van der Waals surface area contributed by atoms with Crippen LogP contribution in [-0.2, 0) is 0 Å².